The highest BCUT2D eigenvalue weighted by atomic mass is 35.5. The molecule has 0 atom stereocenters. The lowest BCUT2D eigenvalue weighted by molar-refractivity contribution is -0.274. The summed E-state index contributed by atoms with van der Waals surface area (Å²) in [5.41, 5.74) is 3.01. The third-order valence-electron chi connectivity index (χ3n) is 4.09. The smallest absolute Gasteiger partial charge is 0.406 e. The molecule has 1 aromatic heterocycles. The summed E-state index contributed by atoms with van der Waals surface area (Å²) in [5.74, 6) is -0.235. The number of halogens is 5. The molecule has 3 aromatic rings. The Morgan fingerprint density at radius 1 is 1.08 bits per heavy atom. The lowest BCUT2D eigenvalue weighted by Gasteiger charge is -2.11. The molecule has 0 radical (unpaired) electrons. The highest BCUT2D eigenvalue weighted by Gasteiger charge is 2.31. The molecule has 0 saturated carbocycles. The normalized spacial score (nSPS) is 12.0. The van der Waals surface area contributed by atoms with Gasteiger partial charge in [-0.25, -0.2) is 0 Å². The van der Waals surface area contributed by atoms with Crippen LogP contribution in [0.25, 0.3) is 10.9 Å². The first kappa shape index (κ1) is 18.0. The predicted molar refractivity (Wildman–Crippen MR) is 93.6 cm³/mol. The molecule has 132 valence electrons. The average Bonchev–Trinajstić information content (AvgIpc) is 2.79. The quantitative estimate of drug-likeness (QED) is 0.515. The van der Waals surface area contributed by atoms with Crippen LogP contribution in [0.2, 0.25) is 10.0 Å². The number of aromatic nitrogens is 1. The molecule has 0 unspecified atom stereocenters. The second kappa shape index (κ2) is 6.46. The van der Waals surface area contributed by atoms with Crippen LogP contribution in [0.15, 0.2) is 36.4 Å². The predicted octanol–water partition coefficient (Wildman–Crippen LogP) is 6.28. The third kappa shape index (κ3) is 3.72. The SMILES string of the molecule is Cc1cc(OC(F)(F)F)cc2c1cc(Cc1c(Cl)cccc1Cl)n2C. The maximum atomic E-state index is 12.5. The fourth-order valence-corrected chi connectivity index (χ4v) is 3.41. The highest BCUT2D eigenvalue weighted by Crippen LogP contribution is 2.33. The standard InChI is InChI=1S/C18H14Cl2F3NO/c1-10-6-12(25-18(21,22)23)9-17-13(10)7-11(24(17)2)8-14-15(19)4-3-5-16(14)20/h3-7,9H,8H2,1-2H3. The van der Waals surface area contributed by atoms with Gasteiger partial charge in [0, 0.05) is 40.7 Å². The van der Waals surface area contributed by atoms with Gasteiger partial charge in [-0.15, -0.1) is 13.2 Å². The van der Waals surface area contributed by atoms with Crippen molar-refractivity contribution in [2.24, 2.45) is 7.05 Å². The number of ether oxygens (including phenoxy) is 1. The Morgan fingerprint density at radius 2 is 1.72 bits per heavy atom. The summed E-state index contributed by atoms with van der Waals surface area (Å²) in [7, 11) is 1.79. The van der Waals surface area contributed by atoms with E-state index in [2.05, 4.69) is 4.74 Å². The monoisotopic (exact) mass is 387 g/mol. The molecular formula is C18H14Cl2F3NO. The average molecular weight is 388 g/mol. The molecule has 3 rings (SSSR count). The number of aryl methyl sites for hydroxylation is 2. The van der Waals surface area contributed by atoms with E-state index in [-0.39, 0.29) is 5.75 Å². The van der Waals surface area contributed by atoms with Gasteiger partial charge in [0.2, 0.25) is 0 Å². The summed E-state index contributed by atoms with van der Waals surface area (Å²) in [4.78, 5) is 0. The van der Waals surface area contributed by atoms with Crippen LogP contribution in [0, 0.1) is 6.92 Å². The van der Waals surface area contributed by atoms with E-state index in [9.17, 15) is 13.2 Å². The van der Waals surface area contributed by atoms with Crippen molar-refractivity contribution in [1.29, 1.82) is 0 Å². The molecule has 25 heavy (non-hydrogen) atoms. The summed E-state index contributed by atoms with van der Waals surface area (Å²) in [6.45, 7) is 1.75. The summed E-state index contributed by atoms with van der Waals surface area (Å²) in [6, 6.07) is 9.97. The van der Waals surface area contributed by atoms with Crippen molar-refractivity contribution in [2.45, 2.75) is 19.7 Å². The molecule has 7 heteroatoms. The van der Waals surface area contributed by atoms with Gasteiger partial charge in [-0.05, 0) is 42.3 Å². The van der Waals surface area contributed by atoms with E-state index in [0.29, 0.717) is 27.5 Å². The van der Waals surface area contributed by atoms with Crippen molar-refractivity contribution in [2.75, 3.05) is 0 Å². The maximum Gasteiger partial charge on any atom is 0.573 e. The van der Waals surface area contributed by atoms with Crippen molar-refractivity contribution >= 4 is 34.1 Å². The van der Waals surface area contributed by atoms with Gasteiger partial charge in [0.05, 0.1) is 5.52 Å². The van der Waals surface area contributed by atoms with E-state index in [0.717, 1.165) is 16.6 Å². The van der Waals surface area contributed by atoms with Gasteiger partial charge >= 0.3 is 6.36 Å². The molecular weight excluding hydrogens is 374 g/mol. The molecule has 0 aliphatic heterocycles. The summed E-state index contributed by atoms with van der Waals surface area (Å²) in [6.07, 6.45) is -4.25. The molecule has 0 bridgehead atoms. The molecule has 2 aromatic carbocycles. The third-order valence-corrected chi connectivity index (χ3v) is 4.80. The molecule has 0 fully saturated rings. The van der Waals surface area contributed by atoms with Crippen LogP contribution in [-0.2, 0) is 13.5 Å². The van der Waals surface area contributed by atoms with E-state index >= 15 is 0 Å². The van der Waals surface area contributed by atoms with Crippen LogP contribution in [0.5, 0.6) is 5.75 Å². The van der Waals surface area contributed by atoms with E-state index in [1.54, 1.807) is 32.2 Å². The van der Waals surface area contributed by atoms with Gasteiger partial charge in [-0.2, -0.15) is 0 Å². The van der Waals surface area contributed by atoms with Crippen molar-refractivity contribution in [3.63, 3.8) is 0 Å². The van der Waals surface area contributed by atoms with Crippen molar-refractivity contribution in [3.8, 4) is 5.75 Å². The zero-order valence-corrected chi connectivity index (χ0v) is 14.9. The Balaban J connectivity index is 2.06. The summed E-state index contributed by atoms with van der Waals surface area (Å²) >= 11 is 12.4. The molecule has 0 amide bonds. The minimum atomic E-state index is -4.72. The number of nitrogens with zero attached hydrogens (tertiary/aromatic N) is 1. The van der Waals surface area contributed by atoms with E-state index in [1.807, 2.05) is 10.6 Å². The molecule has 0 N–H and O–H groups in total. The second-order valence-electron chi connectivity index (χ2n) is 5.79. The van der Waals surface area contributed by atoms with Crippen LogP contribution in [-0.4, -0.2) is 10.9 Å². The van der Waals surface area contributed by atoms with Crippen LogP contribution < -0.4 is 4.74 Å². The number of hydrogen-bond acceptors (Lipinski definition) is 1. The molecule has 1 heterocycles. The Morgan fingerprint density at radius 3 is 2.32 bits per heavy atom. The zero-order valence-electron chi connectivity index (χ0n) is 13.4. The first-order chi connectivity index (χ1) is 11.7. The van der Waals surface area contributed by atoms with Crippen LogP contribution in [0.1, 0.15) is 16.8 Å². The topological polar surface area (TPSA) is 14.2 Å². The Kier molecular flexibility index (Phi) is 4.64. The Hall–Kier alpha value is -1.85. The van der Waals surface area contributed by atoms with Gasteiger partial charge in [-0.3, -0.25) is 0 Å². The summed E-state index contributed by atoms with van der Waals surface area (Å²) < 4.78 is 43.4. The minimum absolute atomic E-state index is 0.235. The van der Waals surface area contributed by atoms with Crippen molar-refractivity contribution in [3.05, 3.63) is 63.3 Å². The van der Waals surface area contributed by atoms with Crippen LogP contribution >= 0.6 is 23.2 Å². The first-order valence-corrected chi connectivity index (χ1v) is 8.19. The van der Waals surface area contributed by atoms with Crippen molar-refractivity contribution < 1.29 is 17.9 Å². The number of fused-ring (bicyclic) bond motifs is 1. The van der Waals surface area contributed by atoms with Gasteiger partial charge in [0.15, 0.2) is 0 Å². The zero-order chi connectivity index (χ0) is 18.4. The molecule has 0 aliphatic rings. The first-order valence-electron chi connectivity index (χ1n) is 7.43. The number of benzene rings is 2. The van der Waals surface area contributed by atoms with Gasteiger partial charge < -0.3 is 9.30 Å². The number of alkyl halides is 3. The van der Waals surface area contributed by atoms with Gasteiger partial charge in [0.25, 0.3) is 0 Å². The fourth-order valence-electron chi connectivity index (χ4n) is 2.88. The van der Waals surface area contributed by atoms with Gasteiger partial charge in [0.1, 0.15) is 5.75 Å². The number of rotatable bonds is 3. The summed E-state index contributed by atoms with van der Waals surface area (Å²) in [5, 5.41) is 1.96. The fraction of sp³-hybridized carbons (Fsp3) is 0.222. The van der Waals surface area contributed by atoms with Crippen LogP contribution in [0.3, 0.4) is 0 Å². The minimum Gasteiger partial charge on any atom is -0.406 e. The maximum absolute atomic E-state index is 12.5. The molecule has 0 aliphatic carbocycles. The Labute approximate surface area is 152 Å². The van der Waals surface area contributed by atoms with Crippen LogP contribution in [0.4, 0.5) is 13.2 Å². The van der Waals surface area contributed by atoms with Crippen molar-refractivity contribution in [1.82, 2.24) is 4.57 Å². The highest BCUT2D eigenvalue weighted by molar-refractivity contribution is 6.36. The number of hydrogen-bond donors (Lipinski definition) is 0. The van der Waals surface area contributed by atoms with Gasteiger partial charge in [-0.1, -0.05) is 29.3 Å². The molecule has 0 spiro atoms. The van der Waals surface area contributed by atoms with E-state index < -0.39 is 6.36 Å². The second-order valence-corrected chi connectivity index (χ2v) is 6.61. The van der Waals surface area contributed by atoms with E-state index in [1.165, 1.54) is 12.1 Å². The lowest BCUT2D eigenvalue weighted by atomic mass is 10.1. The molecule has 2 nitrogen and oxygen atoms in total. The lowest BCUT2D eigenvalue weighted by Crippen LogP contribution is -2.17. The van der Waals surface area contributed by atoms with E-state index in [4.69, 9.17) is 23.2 Å². The molecule has 0 saturated heterocycles. The Bertz CT molecular complexity index is 927. The largest absolute Gasteiger partial charge is 0.573 e.